The van der Waals surface area contributed by atoms with Crippen molar-refractivity contribution >= 4 is 21.4 Å². The fraction of sp³-hybridized carbons (Fsp3) is 0.444. The van der Waals surface area contributed by atoms with E-state index in [0.717, 1.165) is 6.54 Å². The summed E-state index contributed by atoms with van der Waals surface area (Å²) in [5.41, 5.74) is 3.13. The molecule has 1 nitrogen and oxygen atoms in total. The Balaban J connectivity index is 1.89. The van der Waals surface area contributed by atoms with Gasteiger partial charge in [-0.05, 0) is 61.0 Å². The molecule has 1 aliphatic rings. The van der Waals surface area contributed by atoms with Gasteiger partial charge in [-0.15, -0.1) is 11.3 Å². The third kappa shape index (κ3) is 2.97. The van der Waals surface area contributed by atoms with E-state index in [1.165, 1.54) is 47.8 Å². The van der Waals surface area contributed by atoms with Crippen molar-refractivity contribution in [1.29, 1.82) is 0 Å². The van der Waals surface area contributed by atoms with Crippen LogP contribution in [0.4, 0.5) is 0 Å². The number of nitrogens with one attached hydrogen (secondary N) is 1. The van der Waals surface area contributed by atoms with Crippen LogP contribution in [0.15, 0.2) is 41.3 Å². The zero-order valence-electron chi connectivity index (χ0n) is 12.2. The minimum absolute atomic E-state index is 0.465. The van der Waals surface area contributed by atoms with Gasteiger partial charge in [0.2, 0.25) is 0 Å². The molecule has 0 aliphatic heterocycles. The molecule has 1 N–H and O–H groups in total. The van der Waals surface area contributed by atoms with E-state index in [1.807, 2.05) is 11.3 Å². The Morgan fingerprint density at radius 2 is 2.20 bits per heavy atom. The van der Waals surface area contributed by atoms with Crippen molar-refractivity contribution in [3.63, 3.8) is 0 Å². The van der Waals surface area contributed by atoms with Gasteiger partial charge in [-0.1, -0.05) is 36.8 Å². The summed E-state index contributed by atoms with van der Waals surface area (Å²) in [6.07, 6.45) is 8.96. The number of hydrogen-bond donors (Lipinski definition) is 1. The zero-order valence-corrected chi connectivity index (χ0v) is 13.0. The summed E-state index contributed by atoms with van der Waals surface area (Å²) in [4.78, 5) is 0. The van der Waals surface area contributed by atoms with E-state index in [2.05, 4.69) is 48.0 Å². The van der Waals surface area contributed by atoms with Gasteiger partial charge >= 0.3 is 0 Å². The predicted octanol–water partition coefficient (Wildman–Crippen LogP) is 5.44. The number of hydrogen-bond acceptors (Lipinski definition) is 2. The number of fused-ring (bicyclic) bond motifs is 1. The van der Waals surface area contributed by atoms with Crippen molar-refractivity contribution in [3.05, 3.63) is 46.9 Å². The Morgan fingerprint density at radius 3 is 3.00 bits per heavy atom. The second-order valence-corrected chi connectivity index (χ2v) is 6.52. The molecule has 0 radical (unpaired) electrons. The van der Waals surface area contributed by atoms with E-state index in [9.17, 15) is 0 Å². The molecule has 0 bridgehead atoms. The summed E-state index contributed by atoms with van der Waals surface area (Å²) < 4.78 is 1.45. The third-order valence-electron chi connectivity index (χ3n) is 4.19. The van der Waals surface area contributed by atoms with Gasteiger partial charge in [0.25, 0.3) is 0 Å². The van der Waals surface area contributed by atoms with Crippen LogP contribution in [0.2, 0.25) is 0 Å². The highest BCUT2D eigenvalue weighted by atomic mass is 32.1. The van der Waals surface area contributed by atoms with Crippen LogP contribution in [0.1, 0.15) is 50.6 Å². The molecule has 0 saturated carbocycles. The van der Waals surface area contributed by atoms with E-state index < -0.39 is 0 Å². The van der Waals surface area contributed by atoms with Gasteiger partial charge in [0, 0.05) is 10.7 Å². The van der Waals surface area contributed by atoms with Crippen LogP contribution < -0.4 is 5.32 Å². The lowest BCUT2D eigenvalue weighted by Gasteiger charge is -2.22. The normalized spacial score (nSPS) is 17.1. The molecule has 3 rings (SSSR count). The average molecular weight is 285 g/mol. The Bertz CT molecular complexity index is 596. The summed E-state index contributed by atoms with van der Waals surface area (Å²) in [6.45, 7) is 3.23. The van der Waals surface area contributed by atoms with Gasteiger partial charge in [-0.2, -0.15) is 0 Å². The van der Waals surface area contributed by atoms with Gasteiger partial charge in [-0.25, -0.2) is 0 Å². The molecule has 1 aromatic carbocycles. The SMILES string of the molecule is CCNC(CC1=CCCCC1)c1cccc2ccsc12. The van der Waals surface area contributed by atoms with Gasteiger partial charge in [0.15, 0.2) is 0 Å². The van der Waals surface area contributed by atoms with Crippen molar-refractivity contribution in [3.8, 4) is 0 Å². The molecule has 0 fully saturated rings. The lowest BCUT2D eigenvalue weighted by atomic mass is 9.91. The first-order valence-corrected chi connectivity index (χ1v) is 8.64. The van der Waals surface area contributed by atoms with Crippen LogP contribution in [0.25, 0.3) is 10.1 Å². The van der Waals surface area contributed by atoms with Crippen LogP contribution in [0, 0.1) is 0 Å². The van der Waals surface area contributed by atoms with Crippen molar-refractivity contribution in [2.45, 2.75) is 45.1 Å². The Morgan fingerprint density at radius 1 is 1.25 bits per heavy atom. The van der Waals surface area contributed by atoms with Crippen LogP contribution >= 0.6 is 11.3 Å². The highest BCUT2D eigenvalue weighted by molar-refractivity contribution is 7.17. The molecule has 1 aliphatic carbocycles. The first-order valence-electron chi connectivity index (χ1n) is 7.76. The molecule has 0 saturated heterocycles. The van der Waals surface area contributed by atoms with Gasteiger partial charge in [0.05, 0.1) is 0 Å². The molecular weight excluding hydrogens is 262 g/mol. The Labute approximate surface area is 125 Å². The average Bonchev–Trinajstić information content (AvgIpc) is 2.96. The fourth-order valence-corrected chi connectivity index (χ4v) is 4.15. The van der Waals surface area contributed by atoms with Crippen LogP contribution in [-0.4, -0.2) is 6.54 Å². The number of benzene rings is 1. The number of rotatable bonds is 5. The lowest BCUT2D eigenvalue weighted by molar-refractivity contribution is 0.531. The predicted molar refractivity (Wildman–Crippen MR) is 89.4 cm³/mol. The van der Waals surface area contributed by atoms with Crippen molar-refractivity contribution in [2.75, 3.05) is 6.54 Å². The van der Waals surface area contributed by atoms with Crippen LogP contribution in [0.3, 0.4) is 0 Å². The lowest BCUT2D eigenvalue weighted by Crippen LogP contribution is -2.21. The summed E-state index contributed by atoms with van der Waals surface area (Å²) in [6, 6.07) is 9.41. The van der Waals surface area contributed by atoms with E-state index in [-0.39, 0.29) is 0 Å². The molecule has 1 heterocycles. The molecule has 1 unspecified atom stereocenters. The van der Waals surface area contributed by atoms with Crippen LogP contribution in [-0.2, 0) is 0 Å². The van der Waals surface area contributed by atoms with Gasteiger partial charge in [0.1, 0.15) is 0 Å². The monoisotopic (exact) mass is 285 g/mol. The second-order valence-electron chi connectivity index (χ2n) is 5.61. The highest BCUT2D eigenvalue weighted by Gasteiger charge is 2.16. The molecule has 2 aromatic rings. The molecule has 0 spiro atoms. The maximum Gasteiger partial charge on any atom is 0.0390 e. The molecular formula is C18H23NS. The highest BCUT2D eigenvalue weighted by Crippen LogP contribution is 2.33. The van der Waals surface area contributed by atoms with E-state index in [1.54, 1.807) is 5.57 Å². The summed E-state index contributed by atoms with van der Waals surface area (Å²) >= 11 is 1.87. The van der Waals surface area contributed by atoms with E-state index in [4.69, 9.17) is 0 Å². The standard InChI is InChI=1S/C18H23NS/c1-2-19-17(13-14-7-4-3-5-8-14)16-10-6-9-15-11-12-20-18(15)16/h6-7,9-12,17,19H,2-5,8,13H2,1H3. The molecule has 1 atom stereocenters. The van der Waals surface area contributed by atoms with E-state index >= 15 is 0 Å². The van der Waals surface area contributed by atoms with Crippen molar-refractivity contribution < 1.29 is 0 Å². The maximum atomic E-state index is 3.69. The van der Waals surface area contributed by atoms with Gasteiger partial charge in [-0.3, -0.25) is 0 Å². The summed E-state index contributed by atoms with van der Waals surface area (Å²) in [5, 5.41) is 7.28. The minimum Gasteiger partial charge on any atom is -0.310 e. The molecule has 1 aromatic heterocycles. The third-order valence-corrected chi connectivity index (χ3v) is 5.17. The number of allylic oxidation sites excluding steroid dienone is 1. The molecule has 20 heavy (non-hydrogen) atoms. The molecule has 2 heteroatoms. The second kappa shape index (κ2) is 6.55. The fourth-order valence-electron chi connectivity index (χ4n) is 3.18. The Hall–Kier alpha value is -1.12. The quantitative estimate of drug-likeness (QED) is 0.721. The first-order chi connectivity index (χ1) is 9.88. The molecule has 106 valence electrons. The first kappa shape index (κ1) is 13.8. The van der Waals surface area contributed by atoms with E-state index in [0.29, 0.717) is 6.04 Å². The van der Waals surface area contributed by atoms with Crippen LogP contribution in [0.5, 0.6) is 0 Å². The minimum atomic E-state index is 0.465. The summed E-state index contributed by atoms with van der Waals surface area (Å²) in [7, 11) is 0. The summed E-state index contributed by atoms with van der Waals surface area (Å²) in [5.74, 6) is 0. The van der Waals surface area contributed by atoms with Crippen molar-refractivity contribution in [2.24, 2.45) is 0 Å². The van der Waals surface area contributed by atoms with Crippen molar-refractivity contribution in [1.82, 2.24) is 5.32 Å². The number of thiophene rings is 1. The largest absolute Gasteiger partial charge is 0.310 e. The van der Waals surface area contributed by atoms with Gasteiger partial charge < -0.3 is 5.32 Å². The maximum absolute atomic E-state index is 3.69. The topological polar surface area (TPSA) is 12.0 Å². The zero-order chi connectivity index (χ0) is 13.8. The smallest absolute Gasteiger partial charge is 0.0390 e. The Kier molecular flexibility index (Phi) is 4.54. The molecule has 0 amide bonds.